The van der Waals surface area contributed by atoms with E-state index >= 15 is 0 Å². The molecular weight excluding hydrogens is 431 g/mol. The number of halogens is 2. The minimum atomic E-state index is -3.61. The van der Waals surface area contributed by atoms with Crippen LogP contribution in [0.3, 0.4) is 0 Å². The van der Waals surface area contributed by atoms with Crippen LogP contribution in [0, 0.1) is 5.92 Å². The summed E-state index contributed by atoms with van der Waals surface area (Å²) >= 11 is 12.3. The number of benzene rings is 1. The van der Waals surface area contributed by atoms with Gasteiger partial charge in [0.1, 0.15) is 0 Å². The van der Waals surface area contributed by atoms with Gasteiger partial charge in [0, 0.05) is 34.7 Å². The number of hydrogen-bond donors (Lipinski definition) is 1. The molecule has 8 heteroatoms. The predicted octanol–water partition coefficient (Wildman–Crippen LogP) is 4.76. The van der Waals surface area contributed by atoms with Crippen molar-refractivity contribution in [3.8, 4) is 0 Å². The largest absolute Gasteiger partial charge is 0.353 e. The molecule has 1 aliphatic heterocycles. The number of sulfonamides is 1. The van der Waals surface area contributed by atoms with E-state index in [1.165, 1.54) is 23.6 Å². The summed E-state index contributed by atoms with van der Waals surface area (Å²) < 4.78 is 27.4. The van der Waals surface area contributed by atoms with Crippen molar-refractivity contribution < 1.29 is 13.2 Å². The van der Waals surface area contributed by atoms with Gasteiger partial charge in [-0.05, 0) is 37.8 Å². The number of amides is 1. The lowest BCUT2D eigenvalue weighted by Crippen LogP contribution is -2.47. The fraction of sp³-hybridized carbons (Fsp3) is 0.667. The van der Waals surface area contributed by atoms with Crippen molar-refractivity contribution in [2.45, 2.75) is 69.6 Å². The van der Waals surface area contributed by atoms with Crippen LogP contribution < -0.4 is 5.32 Å². The van der Waals surface area contributed by atoms with Crippen LogP contribution in [0.5, 0.6) is 0 Å². The van der Waals surface area contributed by atoms with Crippen molar-refractivity contribution >= 4 is 39.1 Å². The van der Waals surface area contributed by atoms with Crippen LogP contribution in [0.15, 0.2) is 18.2 Å². The van der Waals surface area contributed by atoms with E-state index < -0.39 is 10.0 Å². The van der Waals surface area contributed by atoms with E-state index in [0.717, 1.165) is 32.1 Å². The number of carbonyl (C=O) groups is 1. The number of nitrogens with one attached hydrogen (secondary N) is 1. The minimum absolute atomic E-state index is 0.00810. The van der Waals surface area contributed by atoms with Gasteiger partial charge in [-0.3, -0.25) is 4.79 Å². The first kappa shape index (κ1) is 22.9. The second-order valence-corrected chi connectivity index (χ2v) is 11.0. The molecule has 2 fully saturated rings. The molecule has 0 unspecified atom stereocenters. The van der Waals surface area contributed by atoms with Crippen molar-refractivity contribution in [3.05, 3.63) is 33.8 Å². The molecule has 1 amide bonds. The van der Waals surface area contributed by atoms with E-state index in [4.69, 9.17) is 23.2 Å². The smallest absolute Gasteiger partial charge is 0.224 e. The third-order valence-corrected chi connectivity index (χ3v) is 8.47. The van der Waals surface area contributed by atoms with E-state index in [1.807, 2.05) is 0 Å². The molecule has 1 atom stereocenters. The number of piperidine rings is 1. The number of rotatable bonds is 5. The fourth-order valence-electron chi connectivity index (χ4n) is 4.27. The van der Waals surface area contributed by atoms with Crippen LogP contribution in [0.4, 0.5) is 0 Å². The molecule has 0 bridgehead atoms. The molecule has 3 rings (SSSR count). The van der Waals surface area contributed by atoms with Gasteiger partial charge in [0.15, 0.2) is 0 Å². The molecule has 29 heavy (non-hydrogen) atoms. The highest BCUT2D eigenvalue weighted by molar-refractivity contribution is 7.88. The van der Waals surface area contributed by atoms with Crippen LogP contribution in [0.1, 0.15) is 63.4 Å². The van der Waals surface area contributed by atoms with Crippen molar-refractivity contribution in [2.75, 3.05) is 13.1 Å². The minimum Gasteiger partial charge on any atom is -0.353 e. The maximum atomic E-state index is 13.0. The first-order valence-corrected chi connectivity index (χ1v) is 12.9. The molecule has 162 valence electrons. The molecule has 0 aromatic heterocycles. The Bertz CT molecular complexity index is 788. The van der Waals surface area contributed by atoms with Crippen molar-refractivity contribution in [3.63, 3.8) is 0 Å². The summed E-state index contributed by atoms with van der Waals surface area (Å²) in [5.41, 5.74) is 0.414. The maximum absolute atomic E-state index is 13.0. The zero-order chi connectivity index (χ0) is 20.9. The monoisotopic (exact) mass is 460 g/mol. The average molecular weight is 461 g/mol. The van der Waals surface area contributed by atoms with Crippen LogP contribution in [-0.2, 0) is 20.6 Å². The van der Waals surface area contributed by atoms with Gasteiger partial charge < -0.3 is 5.32 Å². The van der Waals surface area contributed by atoms with E-state index in [0.29, 0.717) is 28.6 Å². The third-order valence-electron chi connectivity index (χ3n) is 5.99. The molecule has 0 spiro atoms. The van der Waals surface area contributed by atoms with E-state index in [9.17, 15) is 13.2 Å². The molecule has 5 nitrogen and oxygen atoms in total. The Labute approximate surface area is 184 Å². The standard InChI is InChI=1S/C21H30Cl2N2O3S/c22-19-11-6-12-20(23)18(19)15-29(27,28)25-13-7-8-16(14-25)21(26)24-17-9-4-2-1-3-5-10-17/h6,11-12,16-17H,1-5,7-10,13-15H2,(H,24,26)/t16-/m1/s1. The Morgan fingerprint density at radius 3 is 2.28 bits per heavy atom. The highest BCUT2D eigenvalue weighted by Crippen LogP contribution is 2.29. The summed E-state index contributed by atoms with van der Waals surface area (Å²) in [5.74, 6) is -0.556. The average Bonchev–Trinajstić information content (AvgIpc) is 2.67. The Balaban J connectivity index is 1.62. The molecule has 1 saturated carbocycles. The highest BCUT2D eigenvalue weighted by Gasteiger charge is 2.33. The number of hydrogen-bond acceptors (Lipinski definition) is 3. The van der Waals surface area contributed by atoms with E-state index in [-0.39, 0.29) is 30.2 Å². The van der Waals surface area contributed by atoms with Crippen molar-refractivity contribution in [1.29, 1.82) is 0 Å². The summed E-state index contributed by atoms with van der Waals surface area (Å²) in [6, 6.07) is 5.19. The Morgan fingerprint density at radius 2 is 1.62 bits per heavy atom. The highest BCUT2D eigenvalue weighted by atomic mass is 35.5. The lowest BCUT2D eigenvalue weighted by atomic mass is 9.94. The number of carbonyl (C=O) groups excluding carboxylic acids is 1. The quantitative estimate of drug-likeness (QED) is 0.687. The fourth-order valence-corrected chi connectivity index (χ4v) is 6.63. The van der Waals surface area contributed by atoms with Gasteiger partial charge in [-0.25, -0.2) is 12.7 Å². The third kappa shape index (κ3) is 6.33. The maximum Gasteiger partial charge on any atom is 0.224 e. The van der Waals surface area contributed by atoms with Gasteiger partial charge >= 0.3 is 0 Å². The van der Waals surface area contributed by atoms with Gasteiger partial charge in [-0.15, -0.1) is 0 Å². The van der Waals surface area contributed by atoms with Gasteiger partial charge in [0.2, 0.25) is 15.9 Å². The summed E-state index contributed by atoms with van der Waals surface area (Å²) in [6.45, 7) is 0.653. The van der Waals surface area contributed by atoms with Crippen molar-refractivity contribution in [1.82, 2.24) is 9.62 Å². The molecule has 1 saturated heterocycles. The zero-order valence-corrected chi connectivity index (χ0v) is 19.0. The predicted molar refractivity (Wildman–Crippen MR) is 118 cm³/mol. The first-order chi connectivity index (χ1) is 13.9. The van der Waals surface area contributed by atoms with Gasteiger partial charge in [-0.2, -0.15) is 0 Å². The Hall–Kier alpha value is -0.820. The van der Waals surface area contributed by atoms with Gasteiger partial charge in [-0.1, -0.05) is 61.4 Å². The van der Waals surface area contributed by atoms with Crippen LogP contribution in [0.25, 0.3) is 0 Å². The van der Waals surface area contributed by atoms with Crippen LogP contribution >= 0.6 is 23.2 Å². The summed E-state index contributed by atoms with van der Waals surface area (Å²) in [7, 11) is -3.61. The zero-order valence-electron chi connectivity index (χ0n) is 16.7. The molecule has 1 N–H and O–H groups in total. The lowest BCUT2D eigenvalue weighted by molar-refractivity contribution is -0.126. The molecule has 1 aliphatic carbocycles. The van der Waals surface area contributed by atoms with Crippen LogP contribution in [-0.4, -0.2) is 37.8 Å². The molecule has 1 aromatic rings. The first-order valence-electron chi connectivity index (χ1n) is 10.6. The van der Waals surface area contributed by atoms with Gasteiger partial charge in [0.05, 0.1) is 11.7 Å². The second-order valence-electron chi connectivity index (χ2n) is 8.20. The van der Waals surface area contributed by atoms with E-state index in [1.54, 1.807) is 18.2 Å². The molecular formula is C21H30Cl2N2O3S. The lowest BCUT2D eigenvalue weighted by Gasteiger charge is -2.32. The second kappa shape index (κ2) is 10.5. The van der Waals surface area contributed by atoms with Crippen molar-refractivity contribution in [2.24, 2.45) is 5.92 Å². The molecule has 1 heterocycles. The molecule has 2 aliphatic rings. The SMILES string of the molecule is O=C(NC1CCCCCCC1)[C@@H]1CCCN(S(=O)(=O)Cc2c(Cl)cccc2Cl)C1. The normalized spacial score (nSPS) is 22.6. The summed E-state index contributed by atoms with van der Waals surface area (Å²) in [6.07, 6.45) is 9.47. The summed E-state index contributed by atoms with van der Waals surface area (Å²) in [4.78, 5) is 12.8. The Kier molecular flexibility index (Phi) is 8.25. The number of nitrogens with zero attached hydrogens (tertiary/aromatic N) is 1. The summed E-state index contributed by atoms with van der Waals surface area (Å²) in [5, 5.41) is 3.88. The van der Waals surface area contributed by atoms with Crippen LogP contribution in [0.2, 0.25) is 10.0 Å². The van der Waals surface area contributed by atoms with E-state index in [2.05, 4.69) is 5.32 Å². The Morgan fingerprint density at radius 1 is 1.00 bits per heavy atom. The molecule has 1 aromatic carbocycles. The topological polar surface area (TPSA) is 66.5 Å². The molecule has 0 radical (unpaired) electrons. The van der Waals surface area contributed by atoms with Gasteiger partial charge in [0.25, 0.3) is 0 Å².